The summed E-state index contributed by atoms with van der Waals surface area (Å²) >= 11 is 1.87. The van der Waals surface area contributed by atoms with Crippen LogP contribution in [0.4, 0.5) is 17.1 Å². The van der Waals surface area contributed by atoms with Crippen LogP contribution in [-0.4, -0.2) is 0 Å². The predicted octanol–water partition coefficient (Wildman–Crippen LogP) is 11.9. The quantitative estimate of drug-likeness (QED) is 0.207. The third-order valence-electron chi connectivity index (χ3n) is 9.37. The first-order valence-corrected chi connectivity index (χ1v) is 15.7. The third kappa shape index (κ3) is 3.27. The van der Waals surface area contributed by atoms with E-state index < -0.39 is 0 Å². The highest BCUT2D eigenvalue weighted by Gasteiger charge is 2.31. The van der Waals surface area contributed by atoms with Gasteiger partial charge in [0.1, 0.15) is 0 Å². The monoisotopic (exact) mass is 563 g/mol. The summed E-state index contributed by atoms with van der Waals surface area (Å²) in [5.41, 5.74) is 14.5. The van der Waals surface area contributed by atoms with Crippen LogP contribution in [0.5, 0.6) is 0 Å². The molecule has 0 N–H and O–H groups in total. The van der Waals surface area contributed by atoms with E-state index in [4.69, 9.17) is 0 Å². The van der Waals surface area contributed by atoms with Gasteiger partial charge in [0, 0.05) is 37.2 Å². The summed E-state index contributed by atoms with van der Waals surface area (Å²) < 4.78 is 2.66. The molecular weight excluding hydrogens is 539 g/mol. The number of benzene rings is 7. The minimum Gasteiger partial charge on any atom is -0.310 e. The van der Waals surface area contributed by atoms with E-state index in [0.717, 1.165) is 12.1 Å². The topological polar surface area (TPSA) is 3.24 Å². The van der Waals surface area contributed by atoms with Crippen molar-refractivity contribution in [2.45, 2.75) is 6.42 Å². The molecular formula is C41H25NS. The van der Waals surface area contributed by atoms with Gasteiger partial charge in [-0.3, -0.25) is 0 Å². The van der Waals surface area contributed by atoms with Gasteiger partial charge in [0.05, 0.1) is 0 Å². The highest BCUT2D eigenvalue weighted by molar-refractivity contribution is 7.25. The molecule has 2 aliphatic rings. The molecule has 0 bridgehead atoms. The lowest BCUT2D eigenvalue weighted by Crippen LogP contribution is -2.10. The van der Waals surface area contributed by atoms with Gasteiger partial charge in [0.25, 0.3) is 0 Å². The minimum atomic E-state index is 0.953. The molecule has 7 aromatic carbocycles. The second-order valence-corrected chi connectivity index (χ2v) is 12.8. The van der Waals surface area contributed by atoms with Crippen molar-refractivity contribution in [3.63, 3.8) is 0 Å². The van der Waals surface area contributed by atoms with E-state index in [1.165, 1.54) is 86.8 Å². The predicted molar refractivity (Wildman–Crippen MR) is 184 cm³/mol. The molecule has 0 spiro atoms. The number of anilines is 3. The highest BCUT2D eigenvalue weighted by Crippen LogP contribution is 2.55. The fourth-order valence-electron chi connectivity index (χ4n) is 7.58. The SMILES string of the molecule is c1ccc(N(c2cc3c4c(c2)-c2ccccc2-c2cccc5ccc(c-4c25)C3)c2ccc3sc4ccccc4c3c2)cc1. The van der Waals surface area contributed by atoms with Crippen molar-refractivity contribution in [2.75, 3.05) is 4.90 Å². The highest BCUT2D eigenvalue weighted by atomic mass is 32.1. The van der Waals surface area contributed by atoms with Gasteiger partial charge in [-0.25, -0.2) is 0 Å². The van der Waals surface area contributed by atoms with Crippen molar-refractivity contribution in [3.8, 4) is 33.4 Å². The molecule has 2 heteroatoms. The fraction of sp³-hybridized carbons (Fsp3) is 0.0244. The molecule has 200 valence electrons. The van der Waals surface area contributed by atoms with E-state index in [0.29, 0.717) is 0 Å². The first-order chi connectivity index (χ1) is 21.3. The molecule has 8 aromatic rings. The maximum Gasteiger partial charge on any atom is 0.0471 e. The number of thiophene rings is 1. The maximum absolute atomic E-state index is 2.45. The van der Waals surface area contributed by atoms with Gasteiger partial charge in [-0.1, -0.05) is 91.0 Å². The van der Waals surface area contributed by atoms with Crippen LogP contribution in [0.25, 0.3) is 64.3 Å². The molecule has 10 rings (SSSR count). The normalized spacial score (nSPS) is 12.6. The van der Waals surface area contributed by atoms with E-state index in [1.54, 1.807) is 0 Å². The van der Waals surface area contributed by atoms with E-state index in [1.807, 2.05) is 11.3 Å². The average Bonchev–Trinajstić information content (AvgIpc) is 3.59. The summed E-state index contributed by atoms with van der Waals surface area (Å²) in [6.07, 6.45) is 0.953. The maximum atomic E-state index is 2.45. The van der Waals surface area contributed by atoms with Gasteiger partial charge in [0.2, 0.25) is 0 Å². The van der Waals surface area contributed by atoms with Gasteiger partial charge in [-0.15, -0.1) is 11.3 Å². The van der Waals surface area contributed by atoms with Crippen LogP contribution in [0, 0.1) is 0 Å². The van der Waals surface area contributed by atoms with Crippen LogP contribution in [0.15, 0.2) is 140 Å². The summed E-state index contributed by atoms with van der Waals surface area (Å²) in [7, 11) is 0. The molecule has 0 fully saturated rings. The molecule has 0 amide bonds. The summed E-state index contributed by atoms with van der Waals surface area (Å²) in [6, 6.07) is 51.9. The fourth-order valence-corrected chi connectivity index (χ4v) is 8.66. The van der Waals surface area contributed by atoms with Crippen LogP contribution < -0.4 is 4.90 Å². The number of para-hydroxylation sites is 1. The van der Waals surface area contributed by atoms with Crippen LogP contribution in [0.3, 0.4) is 0 Å². The molecule has 0 saturated heterocycles. The first kappa shape index (κ1) is 23.4. The Bertz CT molecular complexity index is 2430. The van der Waals surface area contributed by atoms with Crippen molar-refractivity contribution in [3.05, 3.63) is 151 Å². The summed E-state index contributed by atoms with van der Waals surface area (Å²) in [5.74, 6) is 0. The second-order valence-electron chi connectivity index (χ2n) is 11.7. The third-order valence-corrected chi connectivity index (χ3v) is 10.5. The van der Waals surface area contributed by atoms with Crippen molar-refractivity contribution in [2.24, 2.45) is 0 Å². The molecule has 0 unspecified atom stereocenters. The van der Waals surface area contributed by atoms with Crippen LogP contribution in [0.1, 0.15) is 11.1 Å². The number of hydrogen-bond acceptors (Lipinski definition) is 2. The number of nitrogens with zero attached hydrogens (tertiary/aromatic N) is 1. The van der Waals surface area contributed by atoms with E-state index >= 15 is 0 Å². The molecule has 0 atom stereocenters. The van der Waals surface area contributed by atoms with Crippen LogP contribution >= 0.6 is 11.3 Å². The Morgan fingerprint density at radius 3 is 2.12 bits per heavy atom. The second kappa shape index (κ2) is 8.67. The number of hydrogen-bond donors (Lipinski definition) is 0. The molecule has 2 aliphatic carbocycles. The Labute approximate surface area is 253 Å². The summed E-state index contributed by atoms with van der Waals surface area (Å²) in [4.78, 5) is 2.45. The lowest BCUT2D eigenvalue weighted by Gasteiger charge is -2.27. The van der Waals surface area contributed by atoms with Gasteiger partial charge < -0.3 is 4.90 Å². The molecule has 0 radical (unpaired) electrons. The number of fused-ring (bicyclic) bond motifs is 6. The minimum absolute atomic E-state index is 0.953. The number of rotatable bonds is 3. The van der Waals surface area contributed by atoms with Gasteiger partial charge in [-0.05, 0) is 110 Å². The molecule has 0 aliphatic heterocycles. The van der Waals surface area contributed by atoms with Gasteiger partial charge in [0.15, 0.2) is 0 Å². The summed E-state index contributed by atoms with van der Waals surface area (Å²) in [6.45, 7) is 0. The molecule has 1 aromatic heterocycles. The standard InChI is InChI=1S/C41H25NS/c1-2-10-28(11-3-1)42(29-19-20-38-35(23-29)33-14-6-7-16-37(33)43-38)30-22-27-21-26-18-17-25-9-8-15-34-31-12-4-5-13-32(31)36(24-30)40(27)41(26)39(25)34/h1-20,22-24H,21H2. The lowest BCUT2D eigenvalue weighted by molar-refractivity contribution is 1.23. The van der Waals surface area contributed by atoms with Crippen LogP contribution in [-0.2, 0) is 6.42 Å². The largest absolute Gasteiger partial charge is 0.310 e. The average molecular weight is 564 g/mol. The molecule has 0 saturated carbocycles. The summed E-state index contributed by atoms with van der Waals surface area (Å²) in [5, 5.41) is 5.35. The van der Waals surface area contributed by atoms with Gasteiger partial charge in [-0.2, -0.15) is 0 Å². The zero-order valence-corrected chi connectivity index (χ0v) is 24.2. The van der Waals surface area contributed by atoms with Crippen molar-refractivity contribution in [1.29, 1.82) is 0 Å². The van der Waals surface area contributed by atoms with Gasteiger partial charge >= 0.3 is 0 Å². The molecule has 1 nitrogen and oxygen atoms in total. The Morgan fingerprint density at radius 1 is 0.442 bits per heavy atom. The zero-order chi connectivity index (χ0) is 28.1. The Balaban J connectivity index is 1.27. The molecule has 43 heavy (non-hydrogen) atoms. The first-order valence-electron chi connectivity index (χ1n) is 14.9. The van der Waals surface area contributed by atoms with Crippen molar-refractivity contribution >= 4 is 59.3 Å². The zero-order valence-electron chi connectivity index (χ0n) is 23.3. The van der Waals surface area contributed by atoms with E-state index in [2.05, 4.69) is 144 Å². The van der Waals surface area contributed by atoms with Crippen molar-refractivity contribution in [1.82, 2.24) is 0 Å². The Hall–Kier alpha value is -5.18. The van der Waals surface area contributed by atoms with E-state index in [-0.39, 0.29) is 0 Å². The van der Waals surface area contributed by atoms with Crippen molar-refractivity contribution < 1.29 is 0 Å². The lowest BCUT2D eigenvalue weighted by atomic mass is 9.92. The Morgan fingerprint density at radius 2 is 1.21 bits per heavy atom. The Kier molecular flexibility index (Phi) is 4.72. The van der Waals surface area contributed by atoms with E-state index in [9.17, 15) is 0 Å². The smallest absolute Gasteiger partial charge is 0.0471 e. The molecule has 1 heterocycles. The van der Waals surface area contributed by atoms with Crippen LogP contribution in [0.2, 0.25) is 0 Å².